The molecular formula is C15H17N3O3. The lowest BCUT2D eigenvalue weighted by Gasteiger charge is -2.20. The van der Waals surface area contributed by atoms with Gasteiger partial charge < -0.3 is 5.11 Å². The number of nitrogens with zero attached hydrogens (tertiary/aromatic N) is 3. The van der Waals surface area contributed by atoms with Gasteiger partial charge in [0.25, 0.3) is 5.56 Å². The first-order valence-corrected chi connectivity index (χ1v) is 7.01. The van der Waals surface area contributed by atoms with E-state index in [2.05, 4.69) is 4.98 Å². The number of carbonyl (C=O) groups is 1. The molecule has 1 N–H and O–H groups in total. The van der Waals surface area contributed by atoms with Crippen molar-refractivity contribution in [3.05, 3.63) is 46.0 Å². The van der Waals surface area contributed by atoms with Crippen molar-refractivity contribution in [2.75, 3.05) is 6.54 Å². The molecule has 0 amide bonds. The van der Waals surface area contributed by atoms with Crippen molar-refractivity contribution in [2.45, 2.75) is 32.4 Å². The second-order valence-corrected chi connectivity index (χ2v) is 5.44. The van der Waals surface area contributed by atoms with Gasteiger partial charge in [0.05, 0.1) is 5.69 Å². The summed E-state index contributed by atoms with van der Waals surface area (Å²) in [7, 11) is 0. The monoisotopic (exact) mass is 287 g/mol. The predicted molar refractivity (Wildman–Crippen MR) is 77.3 cm³/mol. The molecule has 1 atom stereocenters. The SMILES string of the molecule is Cc1cccn2c(=O)cc(CN3CCCC3C(=O)O)nc12. The average Bonchev–Trinajstić information content (AvgIpc) is 2.88. The quantitative estimate of drug-likeness (QED) is 0.913. The molecule has 6 heteroatoms. The molecule has 0 radical (unpaired) electrons. The third-order valence-electron chi connectivity index (χ3n) is 3.95. The zero-order valence-electron chi connectivity index (χ0n) is 11.8. The van der Waals surface area contributed by atoms with E-state index in [9.17, 15) is 14.7 Å². The van der Waals surface area contributed by atoms with E-state index in [1.54, 1.807) is 6.20 Å². The molecule has 0 saturated carbocycles. The topological polar surface area (TPSA) is 74.9 Å². The smallest absolute Gasteiger partial charge is 0.320 e. The minimum atomic E-state index is -0.804. The molecular weight excluding hydrogens is 270 g/mol. The minimum absolute atomic E-state index is 0.134. The van der Waals surface area contributed by atoms with Gasteiger partial charge >= 0.3 is 5.97 Å². The molecule has 3 heterocycles. The normalized spacial score (nSPS) is 19.2. The second kappa shape index (κ2) is 5.29. The summed E-state index contributed by atoms with van der Waals surface area (Å²) in [6.07, 6.45) is 3.21. The standard InChI is InChI=1S/C15H17N3O3/c1-10-4-2-7-18-13(19)8-11(16-14(10)18)9-17-6-3-5-12(17)15(20)21/h2,4,7-8,12H,3,5-6,9H2,1H3,(H,20,21). The number of rotatable bonds is 3. The van der Waals surface area contributed by atoms with Crippen LogP contribution in [0.3, 0.4) is 0 Å². The first kappa shape index (κ1) is 13.8. The molecule has 1 saturated heterocycles. The number of likely N-dealkylation sites (tertiary alicyclic amines) is 1. The zero-order chi connectivity index (χ0) is 15.0. The Kier molecular flexibility index (Phi) is 3.47. The van der Waals surface area contributed by atoms with Crippen molar-refractivity contribution < 1.29 is 9.90 Å². The highest BCUT2D eigenvalue weighted by Crippen LogP contribution is 2.19. The molecule has 1 unspecified atom stereocenters. The lowest BCUT2D eigenvalue weighted by molar-refractivity contribution is -0.142. The number of hydrogen-bond acceptors (Lipinski definition) is 4. The van der Waals surface area contributed by atoms with Crippen molar-refractivity contribution in [3.63, 3.8) is 0 Å². The largest absolute Gasteiger partial charge is 0.480 e. The van der Waals surface area contributed by atoms with Crippen molar-refractivity contribution >= 4 is 11.6 Å². The van der Waals surface area contributed by atoms with Gasteiger partial charge in [-0.05, 0) is 37.9 Å². The summed E-state index contributed by atoms with van der Waals surface area (Å²) in [4.78, 5) is 29.7. The third-order valence-corrected chi connectivity index (χ3v) is 3.95. The van der Waals surface area contributed by atoms with Gasteiger partial charge in [-0.3, -0.25) is 18.9 Å². The maximum absolute atomic E-state index is 12.1. The Bertz CT molecular complexity index is 753. The van der Waals surface area contributed by atoms with Crippen LogP contribution in [0.15, 0.2) is 29.2 Å². The van der Waals surface area contributed by atoms with Crippen molar-refractivity contribution in [1.82, 2.24) is 14.3 Å². The Hall–Kier alpha value is -2.21. The second-order valence-electron chi connectivity index (χ2n) is 5.44. The van der Waals surface area contributed by atoms with Crippen molar-refractivity contribution in [1.29, 1.82) is 0 Å². The van der Waals surface area contributed by atoms with Crippen LogP contribution in [-0.4, -0.2) is 37.9 Å². The minimum Gasteiger partial charge on any atom is -0.480 e. The molecule has 0 spiro atoms. The Morgan fingerprint density at radius 2 is 2.33 bits per heavy atom. The van der Waals surface area contributed by atoms with Crippen LogP contribution in [0.5, 0.6) is 0 Å². The Morgan fingerprint density at radius 1 is 1.52 bits per heavy atom. The first-order valence-electron chi connectivity index (χ1n) is 7.01. The van der Waals surface area contributed by atoms with E-state index in [1.165, 1.54) is 10.5 Å². The highest BCUT2D eigenvalue weighted by molar-refractivity contribution is 5.73. The number of aromatic nitrogens is 2. The van der Waals surface area contributed by atoms with Gasteiger partial charge in [0.1, 0.15) is 11.7 Å². The molecule has 2 aromatic rings. The van der Waals surface area contributed by atoms with Crippen LogP contribution in [0.4, 0.5) is 0 Å². The summed E-state index contributed by atoms with van der Waals surface area (Å²) in [5, 5.41) is 9.20. The van der Waals surface area contributed by atoms with Crippen LogP contribution in [0.25, 0.3) is 5.65 Å². The first-order chi connectivity index (χ1) is 10.1. The van der Waals surface area contributed by atoms with Crippen LogP contribution in [0, 0.1) is 6.92 Å². The molecule has 110 valence electrons. The number of aliphatic carboxylic acids is 1. The number of fused-ring (bicyclic) bond motifs is 1. The number of carboxylic acid groups (broad SMARTS) is 1. The van der Waals surface area contributed by atoms with Gasteiger partial charge in [-0.15, -0.1) is 0 Å². The molecule has 0 aromatic carbocycles. The van der Waals surface area contributed by atoms with E-state index in [4.69, 9.17) is 0 Å². The molecule has 21 heavy (non-hydrogen) atoms. The van der Waals surface area contributed by atoms with Gasteiger partial charge in [0, 0.05) is 18.8 Å². The van der Waals surface area contributed by atoms with Crippen LogP contribution >= 0.6 is 0 Å². The molecule has 1 aliphatic heterocycles. The van der Waals surface area contributed by atoms with E-state index in [1.807, 2.05) is 24.0 Å². The zero-order valence-corrected chi connectivity index (χ0v) is 11.8. The Labute approximate surface area is 121 Å². The number of carboxylic acids is 1. The van der Waals surface area contributed by atoms with Gasteiger partial charge in [0.2, 0.25) is 0 Å². The molecule has 1 aliphatic rings. The Morgan fingerprint density at radius 3 is 3.10 bits per heavy atom. The molecule has 1 fully saturated rings. The fraction of sp³-hybridized carbons (Fsp3) is 0.400. The van der Waals surface area contributed by atoms with Gasteiger partial charge in [-0.1, -0.05) is 6.07 Å². The lowest BCUT2D eigenvalue weighted by atomic mass is 10.2. The average molecular weight is 287 g/mol. The fourth-order valence-corrected chi connectivity index (χ4v) is 2.89. The highest BCUT2D eigenvalue weighted by atomic mass is 16.4. The van der Waals surface area contributed by atoms with Crippen molar-refractivity contribution in [2.24, 2.45) is 0 Å². The number of pyridine rings is 1. The third kappa shape index (κ3) is 2.54. The van der Waals surface area contributed by atoms with Crippen LogP contribution in [0.2, 0.25) is 0 Å². The maximum Gasteiger partial charge on any atom is 0.320 e. The molecule has 0 aliphatic carbocycles. The summed E-state index contributed by atoms with van der Waals surface area (Å²) in [6.45, 7) is 3.03. The summed E-state index contributed by atoms with van der Waals surface area (Å²) < 4.78 is 1.51. The van der Waals surface area contributed by atoms with E-state index >= 15 is 0 Å². The van der Waals surface area contributed by atoms with Crippen LogP contribution < -0.4 is 5.56 Å². The predicted octanol–water partition coefficient (Wildman–Crippen LogP) is 1.05. The molecule has 0 bridgehead atoms. The Balaban J connectivity index is 1.96. The lowest BCUT2D eigenvalue weighted by Crippen LogP contribution is -2.36. The van der Waals surface area contributed by atoms with Gasteiger partial charge in [-0.25, -0.2) is 4.98 Å². The summed E-state index contributed by atoms with van der Waals surface area (Å²) in [5.41, 5.74) is 2.05. The molecule has 6 nitrogen and oxygen atoms in total. The number of aryl methyl sites for hydroxylation is 1. The van der Waals surface area contributed by atoms with E-state index in [0.717, 1.165) is 18.5 Å². The number of hydrogen-bond donors (Lipinski definition) is 1. The van der Waals surface area contributed by atoms with Gasteiger partial charge in [0.15, 0.2) is 0 Å². The van der Waals surface area contributed by atoms with Crippen molar-refractivity contribution in [3.8, 4) is 0 Å². The van der Waals surface area contributed by atoms with Gasteiger partial charge in [-0.2, -0.15) is 0 Å². The maximum atomic E-state index is 12.1. The molecule has 2 aromatic heterocycles. The highest BCUT2D eigenvalue weighted by Gasteiger charge is 2.30. The summed E-state index contributed by atoms with van der Waals surface area (Å²) in [5.74, 6) is -0.804. The van der Waals surface area contributed by atoms with E-state index < -0.39 is 12.0 Å². The van der Waals surface area contributed by atoms with Crippen LogP contribution in [-0.2, 0) is 11.3 Å². The van der Waals surface area contributed by atoms with E-state index in [-0.39, 0.29) is 5.56 Å². The van der Waals surface area contributed by atoms with E-state index in [0.29, 0.717) is 24.3 Å². The fourth-order valence-electron chi connectivity index (χ4n) is 2.89. The molecule has 3 rings (SSSR count). The summed E-state index contributed by atoms with van der Waals surface area (Å²) in [6, 6.07) is 4.74. The van der Waals surface area contributed by atoms with Crippen LogP contribution in [0.1, 0.15) is 24.1 Å². The summed E-state index contributed by atoms with van der Waals surface area (Å²) >= 11 is 0.